The number of aromatic hydroxyl groups is 2. The van der Waals surface area contributed by atoms with E-state index in [1.165, 1.54) is 12.1 Å². The van der Waals surface area contributed by atoms with Gasteiger partial charge in [-0.05, 0) is 65.5 Å². The van der Waals surface area contributed by atoms with Gasteiger partial charge in [0.15, 0.2) is 14.8 Å². The first-order valence-electron chi connectivity index (χ1n) is 11.9. The van der Waals surface area contributed by atoms with E-state index in [1.807, 2.05) is 65.0 Å². The van der Waals surface area contributed by atoms with Crippen molar-refractivity contribution >= 4 is 54.6 Å². The first-order valence-corrected chi connectivity index (χ1v) is 14.4. The Kier molecular flexibility index (Phi) is 9.15. The summed E-state index contributed by atoms with van der Waals surface area (Å²) in [4.78, 5) is 30.8. The number of benzene rings is 2. The van der Waals surface area contributed by atoms with Crippen molar-refractivity contribution in [2.45, 2.75) is 40.0 Å². The molecule has 0 fully saturated rings. The van der Waals surface area contributed by atoms with Crippen LogP contribution in [0.4, 0.5) is 0 Å². The Morgan fingerprint density at radius 3 is 2.16 bits per heavy atom. The minimum absolute atomic E-state index is 0.312. The van der Waals surface area contributed by atoms with E-state index in [-0.39, 0.29) is 0 Å². The summed E-state index contributed by atoms with van der Waals surface area (Å²) < 4.78 is 12.4. The van der Waals surface area contributed by atoms with E-state index in [2.05, 4.69) is 5.32 Å². The predicted molar refractivity (Wildman–Crippen MR) is 154 cm³/mol. The first kappa shape index (κ1) is 29.1. The molecule has 0 saturated carbocycles. The van der Waals surface area contributed by atoms with Crippen molar-refractivity contribution in [1.29, 1.82) is 0 Å². The minimum atomic E-state index is -1.33. The largest absolute Gasteiger partial charge is 0.492 e. The van der Waals surface area contributed by atoms with Crippen LogP contribution < -0.4 is 20.1 Å². The molecule has 1 heterocycles. The summed E-state index contributed by atoms with van der Waals surface area (Å²) in [6.45, 7) is 9.39. The molecule has 12 heteroatoms. The number of aromatic nitrogens is 1. The fourth-order valence-corrected chi connectivity index (χ4v) is 7.19. The third kappa shape index (κ3) is 6.33. The maximum Gasteiger partial charge on any atom is 0.352 e. The van der Waals surface area contributed by atoms with E-state index in [9.17, 15) is 19.8 Å². The summed E-state index contributed by atoms with van der Waals surface area (Å²) in [6, 6.07) is 11.6. The van der Waals surface area contributed by atoms with Crippen LogP contribution >= 0.6 is 12.2 Å². The third-order valence-electron chi connectivity index (χ3n) is 5.97. The standard InChI is InChI=1S/C26H32N2O7SSi2/c1-14-15(2)21(24(32)27-13-19(31)34-28-17(29)11-12-18(28)30)23(38-35-37)22(26(3,4)5)20(14)25(36)33-16-9-7-6-8-10-16/h6-12,29-30H,13,38H2,1-5,37H3,(H,27,32). The van der Waals surface area contributed by atoms with E-state index >= 15 is 0 Å². The van der Waals surface area contributed by atoms with Gasteiger partial charge in [-0.2, -0.15) is 0 Å². The lowest BCUT2D eigenvalue weighted by Crippen LogP contribution is -2.42. The van der Waals surface area contributed by atoms with Gasteiger partial charge < -0.3 is 29.2 Å². The number of nitrogens with one attached hydrogen (secondary N) is 1. The van der Waals surface area contributed by atoms with Crippen molar-refractivity contribution in [3.8, 4) is 17.5 Å². The average molecular weight is 573 g/mol. The van der Waals surface area contributed by atoms with Gasteiger partial charge in [-0.3, -0.25) is 4.79 Å². The normalized spacial score (nSPS) is 11.6. The lowest BCUT2D eigenvalue weighted by Gasteiger charge is -2.31. The summed E-state index contributed by atoms with van der Waals surface area (Å²) in [6.07, 6.45) is 0. The van der Waals surface area contributed by atoms with E-state index in [4.69, 9.17) is 25.9 Å². The molecule has 0 unspecified atom stereocenters. The van der Waals surface area contributed by atoms with Gasteiger partial charge >= 0.3 is 5.97 Å². The number of para-hydroxylation sites is 1. The van der Waals surface area contributed by atoms with Crippen LogP contribution in [0.1, 0.15) is 53.4 Å². The number of carbonyl (C=O) groups excluding carboxylic acids is 2. The first-order chi connectivity index (χ1) is 17.9. The van der Waals surface area contributed by atoms with Crippen LogP contribution in [-0.2, 0) is 14.3 Å². The zero-order valence-electron chi connectivity index (χ0n) is 22.2. The molecule has 0 bridgehead atoms. The van der Waals surface area contributed by atoms with E-state index < -0.39 is 45.4 Å². The van der Waals surface area contributed by atoms with E-state index in [1.54, 1.807) is 0 Å². The predicted octanol–water partition coefficient (Wildman–Crippen LogP) is 0.959. The number of nitrogens with zero attached hydrogens (tertiary/aromatic N) is 1. The second-order valence-electron chi connectivity index (χ2n) is 9.73. The molecule has 38 heavy (non-hydrogen) atoms. The van der Waals surface area contributed by atoms with Gasteiger partial charge in [-0.15, -0.1) is 4.73 Å². The second-order valence-corrected chi connectivity index (χ2v) is 13.4. The highest BCUT2D eigenvalue weighted by molar-refractivity contribution is 7.80. The van der Waals surface area contributed by atoms with Crippen LogP contribution in [0, 0.1) is 13.8 Å². The van der Waals surface area contributed by atoms with Gasteiger partial charge in [0, 0.05) is 23.3 Å². The molecule has 3 rings (SSSR count). The Bertz CT molecular complexity index is 1350. The highest BCUT2D eigenvalue weighted by atomic mass is 32.1. The Labute approximate surface area is 232 Å². The number of rotatable bonds is 8. The number of amides is 1. The summed E-state index contributed by atoms with van der Waals surface area (Å²) in [5.41, 5.74) is 3.21. The van der Waals surface area contributed by atoms with Crippen LogP contribution in [-0.4, -0.2) is 58.7 Å². The molecule has 3 N–H and O–H groups in total. The summed E-state index contributed by atoms with van der Waals surface area (Å²) in [7, 11) is -0.828. The maximum atomic E-state index is 13.5. The van der Waals surface area contributed by atoms with Gasteiger partial charge in [0.2, 0.25) is 11.8 Å². The average Bonchev–Trinajstić information content (AvgIpc) is 3.16. The summed E-state index contributed by atoms with van der Waals surface area (Å²) in [5.74, 6) is -1.63. The van der Waals surface area contributed by atoms with Gasteiger partial charge in [0.25, 0.3) is 5.91 Å². The molecule has 0 aliphatic carbocycles. The molecule has 0 spiro atoms. The number of carbonyl (C=O) groups is 2. The van der Waals surface area contributed by atoms with Crippen molar-refractivity contribution in [3.05, 3.63) is 70.3 Å². The molecule has 3 aromatic rings. The molecule has 9 nitrogen and oxygen atoms in total. The van der Waals surface area contributed by atoms with E-state index in [0.717, 1.165) is 21.9 Å². The SMILES string of the molecule is Cc1c(C)c(C(=S)Oc2ccccc2)c(C(C)(C)C)c([SiH2]O[SiH3])c1C(=O)NCC(=O)On1c(O)ccc1O. The number of hydrogen-bond donors (Lipinski definition) is 3. The zero-order chi connectivity index (χ0) is 28.2. The number of thiocarbonyl (C=S) groups is 1. The van der Waals surface area contributed by atoms with Gasteiger partial charge in [-0.25, -0.2) is 4.79 Å². The van der Waals surface area contributed by atoms with Crippen LogP contribution in [0.25, 0.3) is 0 Å². The molecule has 2 aromatic carbocycles. The van der Waals surface area contributed by atoms with Crippen molar-refractivity contribution in [2.75, 3.05) is 6.54 Å². The highest BCUT2D eigenvalue weighted by Gasteiger charge is 2.32. The van der Waals surface area contributed by atoms with Crippen molar-refractivity contribution in [2.24, 2.45) is 0 Å². The van der Waals surface area contributed by atoms with Crippen LogP contribution in [0.15, 0.2) is 42.5 Å². The third-order valence-corrected chi connectivity index (χ3v) is 8.41. The second kappa shape index (κ2) is 11.9. The maximum absolute atomic E-state index is 13.5. The van der Waals surface area contributed by atoms with Gasteiger partial charge in [0.1, 0.15) is 22.8 Å². The molecular weight excluding hydrogens is 541 g/mol. The Morgan fingerprint density at radius 1 is 1.03 bits per heavy atom. The Hall–Kier alpha value is -3.46. The smallest absolute Gasteiger partial charge is 0.352 e. The fourth-order valence-electron chi connectivity index (χ4n) is 4.26. The summed E-state index contributed by atoms with van der Waals surface area (Å²) >= 11 is 5.78. The topological polar surface area (TPSA) is 119 Å². The lowest BCUT2D eigenvalue weighted by atomic mass is 9.79. The van der Waals surface area contributed by atoms with Crippen molar-refractivity contribution < 1.29 is 33.5 Å². The fraction of sp³-hybridized carbons (Fsp3) is 0.269. The molecule has 0 aliphatic rings. The quantitative estimate of drug-likeness (QED) is 0.270. The minimum Gasteiger partial charge on any atom is -0.492 e. The van der Waals surface area contributed by atoms with Gasteiger partial charge in [0.05, 0.1) is 0 Å². The lowest BCUT2D eigenvalue weighted by molar-refractivity contribution is -0.144. The van der Waals surface area contributed by atoms with Crippen molar-refractivity contribution in [1.82, 2.24) is 10.0 Å². The highest BCUT2D eigenvalue weighted by Crippen LogP contribution is 2.32. The zero-order valence-corrected chi connectivity index (χ0v) is 26.5. The van der Waals surface area contributed by atoms with Crippen LogP contribution in [0.5, 0.6) is 17.5 Å². The molecule has 0 atom stereocenters. The van der Waals surface area contributed by atoms with Gasteiger partial charge in [-0.1, -0.05) is 39.0 Å². The van der Waals surface area contributed by atoms with Crippen LogP contribution in [0.2, 0.25) is 0 Å². The number of ether oxygens (including phenoxy) is 1. The van der Waals surface area contributed by atoms with Crippen LogP contribution in [0.3, 0.4) is 0 Å². The molecule has 0 saturated heterocycles. The molecule has 0 aliphatic heterocycles. The Morgan fingerprint density at radius 2 is 1.61 bits per heavy atom. The molecule has 1 amide bonds. The van der Waals surface area contributed by atoms with E-state index in [0.29, 0.717) is 37.1 Å². The number of hydrogen-bond acceptors (Lipinski definition) is 8. The van der Waals surface area contributed by atoms with Crippen molar-refractivity contribution in [3.63, 3.8) is 0 Å². The monoisotopic (exact) mass is 572 g/mol. The Balaban J connectivity index is 2.01. The molecular formula is C26H32N2O7SSi2. The molecule has 1 aromatic heterocycles. The molecule has 0 radical (unpaired) electrons. The summed E-state index contributed by atoms with van der Waals surface area (Å²) in [5, 5.41) is 23.1. The molecule has 202 valence electrons.